The normalized spacial score (nSPS) is 31.4. The minimum atomic E-state index is -1.25. The van der Waals surface area contributed by atoms with Crippen molar-refractivity contribution in [1.29, 1.82) is 0 Å². The van der Waals surface area contributed by atoms with Crippen molar-refractivity contribution in [1.82, 2.24) is 0 Å². The third-order valence-corrected chi connectivity index (χ3v) is 4.19. The van der Waals surface area contributed by atoms with Crippen LogP contribution in [0.15, 0.2) is 0 Å². The molecule has 1 aliphatic rings. The Morgan fingerprint density at radius 1 is 0.889 bits per heavy atom. The molecule has 0 spiro atoms. The summed E-state index contributed by atoms with van der Waals surface area (Å²) in [5.41, 5.74) is -2.49. The van der Waals surface area contributed by atoms with Crippen LogP contribution in [-0.2, 0) is 9.59 Å². The quantitative estimate of drug-likeness (QED) is 0.684. The Morgan fingerprint density at radius 3 is 1.28 bits per heavy atom. The standard InChI is InChI=1S/C14H24O4/c1-9(2)7-13(11(15)16)5-6-14(13,12(17)18)8-10(3)4/h9-10H,5-8H2,1-4H3,(H,15,16)(H,17,18)/p-2. The van der Waals surface area contributed by atoms with Crippen molar-refractivity contribution in [2.24, 2.45) is 22.7 Å². The van der Waals surface area contributed by atoms with Crippen LogP contribution in [0.3, 0.4) is 0 Å². The van der Waals surface area contributed by atoms with Crippen LogP contribution in [-0.4, -0.2) is 11.9 Å². The highest BCUT2D eigenvalue weighted by Gasteiger charge is 2.60. The van der Waals surface area contributed by atoms with Gasteiger partial charge in [-0.1, -0.05) is 27.7 Å². The van der Waals surface area contributed by atoms with Crippen LogP contribution in [0.5, 0.6) is 0 Å². The van der Waals surface area contributed by atoms with E-state index in [4.69, 9.17) is 0 Å². The molecule has 0 aromatic rings. The molecule has 0 aromatic carbocycles. The minimum Gasteiger partial charge on any atom is -0.550 e. The molecule has 1 aliphatic carbocycles. The van der Waals surface area contributed by atoms with Gasteiger partial charge in [-0.2, -0.15) is 0 Å². The molecule has 0 amide bonds. The van der Waals surface area contributed by atoms with Crippen LogP contribution in [0.1, 0.15) is 53.4 Å². The van der Waals surface area contributed by atoms with E-state index in [1.807, 2.05) is 27.7 Å². The van der Waals surface area contributed by atoms with Gasteiger partial charge in [0.1, 0.15) is 0 Å². The molecular formula is C14H22O4-2. The third-order valence-electron chi connectivity index (χ3n) is 4.19. The zero-order chi connectivity index (χ0) is 14.1. The van der Waals surface area contributed by atoms with E-state index in [1.54, 1.807) is 0 Å². The fourth-order valence-electron chi connectivity index (χ4n) is 3.48. The van der Waals surface area contributed by atoms with Gasteiger partial charge in [0, 0.05) is 22.8 Å². The van der Waals surface area contributed by atoms with Gasteiger partial charge in [-0.05, 0) is 37.5 Å². The van der Waals surface area contributed by atoms with Crippen LogP contribution >= 0.6 is 0 Å². The predicted molar refractivity (Wildman–Crippen MR) is 63.0 cm³/mol. The minimum absolute atomic E-state index is 0.120. The average molecular weight is 254 g/mol. The van der Waals surface area contributed by atoms with Crippen LogP contribution in [0.25, 0.3) is 0 Å². The summed E-state index contributed by atoms with van der Waals surface area (Å²) in [4.78, 5) is 23.1. The summed E-state index contributed by atoms with van der Waals surface area (Å²) in [6.07, 6.45) is 1.45. The molecule has 1 saturated carbocycles. The highest BCUT2D eigenvalue weighted by molar-refractivity contribution is 5.87. The molecule has 4 heteroatoms. The topological polar surface area (TPSA) is 80.3 Å². The first-order chi connectivity index (χ1) is 8.18. The molecule has 2 unspecified atom stereocenters. The Balaban J connectivity index is 3.17. The molecule has 0 aliphatic heterocycles. The number of rotatable bonds is 6. The molecule has 4 nitrogen and oxygen atoms in total. The lowest BCUT2D eigenvalue weighted by molar-refractivity contribution is -0.359. The number of carbonyl (C=O) groups is 2. The highest BCUT2D eigenvalue weighted by atomic mass is 16.4. The van der Waals surface area contributed by atoms with Crippen LogP contribution in [0, 0.1) is 22.7 Å². The summed E-state index contributed by atoms with van der Waals surface area (Å²) in [6.45, 7) is 7.60. The smallest absolute Gasteiger partial charge is 0.0485 e. The van der Waals surface area contributed by atoms with Gasteiger partial charge in [0.05, 0.1) is 0 Å². The Labute approximate surface area is 108 Å². The van der Waals surface area contributed by atoms with E-state index in [2.05, 4.69) is 0 Å². The number of hydrogen-bond donors (Lipinski definition) is 0. The fraction of sp³-hybridized carbons (Fsp3) is 0.857. The molecular weight excluding hydrogens is 232 g/mol. The second kappa shape index (κ2) is 4.90. The molecule has 2 atom stereocenters. The van der Waals surface area contributed by atoms with Crippen molar-refractivity contribution in [2.45, 2.75) is 53.4 Å². The van der Waals surface area contributed by atoms with Gasteiger partial charge in [-0.25, -0.2) is 0 Å². The van der Waals surface area contributed by atoms with Gasteiger partial charge in [-0.15, -0.1) is 0 Å². The third kappa shape index (κ3) is 2.13. The van der Waals surface area contributed by atoms with E-state index in [1.165, 1.54) is 0 Å². The fourth-order valence-corrected chi connectivity index (χ4v) is 3.48. The maximum atomic E-state index is 11.5. The van der Waals surface area contributed by atoms with Gasteiger partial charge in [0.25, 0.3) is 0 Å². The number of aliphatic carboxylic acids is 2. The first-order valence-electron chi connectivity index (χ1n) is 6.61. The first kappa shape index (κ1) is 15.0. The summed E-state index contributed by atoms with van der Waals surface area (Å²) in [5, 5.41) is 23.1. The summed E-state index contributed by atoms with van der Waals surface area (Å²) in [5.74, 6) is -2.22. The molecule has 1 fully saturated rings. The maximum absolute atomic E-state index is 11.5. The van der Waals surface area contributed by atoms with Gasteiger partial charge >= 0.3 is 0 Å². The largest absolute Gasteiger partial charge is 0.550 e. The van der Waals surface area contributed by atoms with Gasteiger partial charge in [0.15, 0.2) is 0 Å². The highest BCUT2D eigenvalue weighted by Crippen LogP contribution is 2.62. The number of hydrogen-bond acceptors (Lipinski definition) is 4. The monoisotopic (exact) mass is 254 g/mol. The Kier molecular flexibility index (Phi) is 4.08. The van der Waals surface area contributed by atoms with Crippen molar-refractivity contribution in [3.63, 3.8) is 0 Å². The Bertz CT molecular complexity index is 314. The van der Waals surface area contributed by atoms with Crippen molar-refractivity contribution < 1.29 is 19.8 Å². The molecule has 0 heterocycles. The summed E-state index contributed by atoms with van der Waals surface area (Å²) in [7, 11) is 0. The van der Waals surface area contributed by atoms with Crippen LogP contribution in [0.4, 0.5) is 0 Å². The van der Waals surface area contributed by atoms with Crippen LogP contribution in [0.2, 0.25) is 0 Å². The molecule has 0 saturated heterocycles. The molecule has 0 bridgehead atoms. The lowest BCUT2D eigenvalue weighted by Gasteiger charge is -2.62. The summed E-state index contributed by atoms with van der Waals surface area (Å²) in [6, 6.07) is 0. The predicted octanol–water partition coefficient (Wildman–Crippen LogP) is 0.345. The lowest BCUT2D eigenvalue weighted by Crippen LogP contribution is -2.67. The van der Waals surface area contributed by atoms with Gasteiger partial charge in [0.2, 0.25) is 0 Å². The van der Waals surface area contributed by atoms with Crippen molar-refractivity contribution in [3.05, 3.63) is 0 Å². The molecule has 104 valence electrons. The summed E-state index contributed by atoms with van der Waals surface area (Å²) >= 11 is 0. The van der Waals surface area contributed by atoms with Crippen molar-refractivity contribution >= 4 is 11.9 Å². The van der Waals surface area contributed by atoms with Crippen molar-refractivity contribution in [3.8, 4) is 0 Å². The van der Waals surface area contributed by atoms with E-state index >= 15 is 0 Å². The Hall–Kier alpha value is -1.06. The van der Waals surface area contributed by atoms with E-state index in [9.17, 15) is 19.8 Å². The molecule has 0 aromatic heterocycles. The van der Waals surface area contributed by atoms with E-state index in [0.29, 0.717) is 25.7 Å². The average Bonchev–Trinajstić information content (AvgIpc) is 2.19. The molecule has 0 N–H and O–H groups in total. The van der Waals surface area contributed by atoms with E-state index in [0.717, 1.165) is 0 Å². The van der Waals surface area contributed by atoms with Gasteiger partial charge < -0.3 is 19.8 Å². The maximum Gasteiger partial charge on any atom is 0.0485 e. The zero-order valence-electron chi connectivity index (χ0n) is 11.6. The molecule has 18 heavy (non-hydrogen) atoms. The van der Waals surface area contributed by atoms with Gasteiger partial charge in [-0.3, -0.25) is 0 Å². The number of carboxylic acids is 2. The molecule has 0 radical (unpaired) electrons. The van der Waals surface area contributed by atoms with E-state index in [-0.39, 0.29) is 11.8 Å². The first-order valence-corrected chi connectivity index (χ1v) is 6.61. The second-order valence-corrected chi connectivity index (χ2v) is 6.44. The zero-order valence-corrected chi connectivity index (χ0v) is 11.6. The number of carbonyl (C=O) groups excluding carboxylic acids is 2. The lowest BCUT2D eigenvalue weighted by atomic mass is 9.45. The SMILES string of the molecule is CC(C)CC1(C(=O)[O-])CCC1(CC(C)C)C(=O)[O-]. The second-order valence-electron chi connectivity index (χ2n) is 6.44. The molecule has 1 rings (SSSR count). The van der Waals surface area contributed by atoms with E-state index < -0.39 is 22.8 Å². The Morgan fingerprint density at radius 2 is 1.17 bits per heavy atom. The van der Waals surface area contributed by atoms with Crippen molar-refractivity contribution in [2.75, 3.05) is 0 Å². The summed E-state index contributed by atoms with van der Waals surface area (Å²) < 4.78 is 0. The van der Waals surface area contributed by atoms with Crippen LogP contribution < -0.4 is 10.2 Å². The number of carboxylic acid groups (broad SMARTS) is 2.